The summed E-state index contributed by atoms with van der Waals surface area (Å²) >= 11 is 1.65. The third-order valence-corrected chi connectivity index (χ3v) is 5.00. The molecule has 2 N–H and O–H groups in total. The first kappa shape index (κ1) is 20.2. The molecule has 0 saturated carbocycles. The Labute approximate surface area is 163 Å². The second-order valence-corrected chi connectivity index (χ2v) is 7.04. The highest BCUT2D eigenvalue weighted by atomic mass is 35.5. The van der Waals surface area contributed by atoms with Crippen LogP contribution in [0.4, 0.5) is 0 Å². The minimum Gasteiger partial charge on any atom is -0.341 e. The van der Waals surface area contributed by atoms with Gasteiger partial charge in [-0.25, -0.2) is 4.68 Å². The number of rotatable bonds is 6. The van der Waals surface area contributed by atoms with Crippen molar-refractivity contribution in [2.24, 2.45) is 11.7 Å². The van der Waals surface area contributed by atoms with Gasteiger partial charge in [0, 0.05) is 37.8 Å². The number of amides is 1. The van der Waals surface area contributed by atoms with Crippen molar-refractivity contribution in [2.75, 3.05) is 13.6 Å². The topological polar surface area (TPSA) is 64.2 Å². The van der Waals surface area contributed by atoms with Gasteiger partial charge in [-0.05, 0) is 23.6 Å². The van der Waals surface area contributed by atoms with Gasteiger partial charge in [0.2, 0.25) is 5.91 Å². The maximum absolute atomic E-state index is 12.4. The van der Waals surface area contributed by atoms with Crippen molar-refractivity contribution in [1.29, 1.82) is 0 Å². The Hall–Kier alpha value is -2.15. The van der Waals surface area contributed by atoms with Crippen LogP contribution in [0.2, 0.25) is 0 Å². The van der Waals surface area contributed by atoms with Gasteiger partial charge in [-0.15, -0.1) is 23.7 Å². The van der Waals surface area contributed by atoms with Crippen LogP contribution in [-0.2, 0) is 11.3 Å². The normalized spacial score (nSPS) is 11.7. The molecule has 138 valence electrons. The smallest absolute Gasteiger partial charge is 0.226 e. The van der Waals surface area contributed by atoms with Crippen LogP contribution < -0.4 is 5.73 Å². The quantitative estimate of drug-likeness (QED) is 0.699. The Kier molecular flexibility index (Phi) is 6.97. The fourth-order valence-electron chi connectivity index (χ4n) is 2.67. The molecule has 0 aliphatic carbocycles. The maximum Gasteiger partial charge on any atom is 0.226 e. The number of halogens is 1. The Morgan fingerprint density at radius 3 is 2.62 bits per heavy atom. The lowest BCUT2D eigenvalue weighted by atomic mass is 10.1. The Bertz CT molecular complexity index is 833. The summed E-state index contributed by atoms with van der Waals surface area (Å²) in [7, 11) is 1.81. The second kappa shape index (κ2) is 8.98. The largest absolute Gasteiger partial charge is 0.341 e. The van der Waals surface area contributed by atoms with E-state index in [2.05, 4.69) is 6.07 Å². The Morgan fingerprint density at radius 2 is 2.00 bits per heavy atom. The van der Waals surface area contributed by atoms with Crippen LogP contribution in [0.5, 0.6) is 0 Å². The summed E-state index contributed by atoms with van der Waals surface area (Å²) in [6, 6.07) is 14.0. The molecule has 3 rings (SSSR count). The molecule has 0 radical (unpaired) electrons. The zero-order valence-corrected chi connectivity index (χ0v) is 16.5. The van der Waals surface area contributed by atoms with E-state index in [-0.39, 0.29) is 24.2 Å². The number of aromatic nitrogens is 2. The van der Waals surface area contributed by atoms with Gasteiger partial charge in [0.1, 0.15) is 5.69 Å². The second-order valence-electron chi connectivity index (χ2n) is 6.09. The van der Waals surface area contributed by atoms with Gasteiger partial charge in [0.25, 0.3) is 0 Å². The van der Waals surface area contributed by atoms with Crippen molar-refractivity contribution in [3.05, 3.63) is 59.6 Å². The predicted octanol–water partition coefficient (Wildman–Crippen LogP) is 3.58. The molecular weight excluding hydrogens is 368 g/mol. The van der Waals surface area contributed by atoms with Crippen LogP contribution in [-0.4, -0.2) is 34.2 Å². The lowest BCUT2D eigenvalue weighted by molar-refractivity contribution is -0.133. The number of hydrogen-bond donors (Lipinski definition) is 1. The first-order valence-electron chi connectivity index (χ1n) is 8.23. The molecular formula is C19H23ClN4OS. The molecule has 0 fully saturated rings. The molecule has 1 unspecified atom stereocenters. The highest BCUT2D eigenvalue weighted by Gasteiger charge is 2.20. The van der Waals surface area contributed by atoms with Crippen LogP contribution in [0.15, 0.2) is 54.0 Å². The fourth-order valence-corrected chi connectivity index (χ4v) is 3.41. The summed E-state index contributed by atoms with van der Waals surface area (Å²) in [5, 5.41) is 6.80. The number of para-hydroxylation sites is 1. The van der Waals surface area contributed by atoms with E-state index in [9.17, 15) is 4.79 Å². The van der Waals surface area contributed by atoms with Crippen molar-refractivity contribution in [1.82, 2.24) is 14.7 Å². The van der Waals surface area contributed by atoms with Crippen molar-refractivity contribution >= 4 is 29.7 Å². The summed E-state index contributed by atoms with van der Waals surface area (Å²) < 4.78 is 1.87. The highest BCUT2D eigenvalue weighted by Crippen LogP contribution is 2.28. The Balaban J connectivity index is 0.00000243. The van der Waals surface area contributed by atoms with Crippen molar-refractivity contribution in [2.45, 2.75) is 13.5 Å². The maximum atomic E-state index is 12.4. The molecule has 1 aromatic carbocycles. The van der Waals surface area contributed by atoms with Gasteiger partial charge >= 0.3 is 0 Å². The molecule has 0 saturated heterocycles. The molecule has 0 spiro atoms. The number of hydrogen-bond acceptors (Lipinski definition) is 4. The van der Waals surface area contributed by atoms with Gasteiger partial charge in [0.15, 0.2) is 0 Å². The molecule has 2 heterocycles. The molecule has 0 aliphatic rings. The molecule has 2 aromatic heterocycles. The summed E-state index contributed by atoms with van der Waals surface area (Å²) in [5.74, 6) is -0.133. The highest BCUT2D eigenvalue weighted by molar-refractivity contribution is 7.13. The fraction of sp³-hybridized carbons (Fsp3) is 0.263. The van der Waals surface area contributed by atoms with E-state index in [1.807, 2.05) is 66.6 Å². The van der Waals surface area contributed by atoms with E-state index in [4.69, 9.17) is 10.8 Å². The number of thiophene rings is 1. The lowest BCUT2D eigenvalue weighted by Crippen LogP contribution is -2.34. The van der Waals surface area contributed by atoms with E-state index in [0.717, 1.165) is 21.8 Å². The molecule has 0 bridgehead atoms. The summed E-state index contributed by atoms with van der Waals surface area (Å²) in [5.41, 5.74) is 8.56. The molecule has 1 atom stereocenters. The van der Waals surface area contributed by atoms with Crippen molar-refractivity contribution in [3.63, 3.8) is 0 Å². The van der Waals surface area contributed by atoms with Gasteiger partial charge < -0.3 is 10.6 Å². The zero-order chi connectivity index (χ0) is 17.8. The molecule has 3 aromatic rings. The third kappa shape index (κ3) is 4.33. The average molecular weight is 391 g/mol. The first-order chi connectivity index (χ1) is 12.1. The van der Waals surface area contributed by atoms with Crippen LogP contribution in [0.3, 0.4) is 0 Å². The number of carbonyl (C=O) groups excluding carboxylic acids is 1. The minimum absolute atomic E-state index is 0. The number of benzene rings is 1. The molecule has 26 heavy (non-hydrogen) atoms. The minimum atomic E-state index is -0.181. The number of carbonyl (C=O) groups is 1. The van der Waals surface area contributed by atoms with E-state index in [1.54, 1.807) is 16.2 Å². The number of nitrogens with two attached hydrogens (primary N) is 1. The van der Waals surface area contributed by atoms with Crippen molar-refractivity contribution in [3.8, 4) is 16.3 Å². The summed E-state index contributed by atoms with van der Waals surface area (Å²) in [6.45, 7) is 2.71. The molecule has 0 aliphatic heterocycles. The van der Waals surface area contributed by atoms with Gasteiger partial charge in [-0.1, -0.05) is 31.2 Å². The third-order valence-electron chi connectivity index (χ3n) is 4.12. The summed E-state index contributed by atoms with van der Waals surface area (Å²) in [4.78, 5) is 15.2. The SMILES string of the molecule is CC(CN)C(=O)N(C)Cc1cn(-c2ccccc2)nc1-c1cccs1.Cl. The predicted molar refractivity (Wildman–Crippen MR) is 109 cm³/mol. The van der Waals surface area contributed by atoms with Gasteiger partial charge in [-0.2, -0.15) is 5.10 Å². The standard InChI is InChI=1S/C19H22N4OS.ClH/c1-14(11-20)19(24)22(2)12-15-13-23(16-7-4-3-5-8-16)21-18(15)17-9-6-10-25-17;/h3-10,13-14H,11-12,20H2,1-2H3;1H. The van der Waals surface area contributed by atoms with E-state index >= 15 is 0 Å². The van der Waals surface area contributed by atoms with Crippen LogP contribution in [0, 0.1) is 5.92 Å². The monoisotopic (exact) mass is 390 g/mol. The Morgan fingerprint density at radius 1 is 1.27 bits per heavy atom. The van der Waals surface area contributed by atoms with Gasteiger partial charge in [0.05, 0.1) is 10.6 Å². The first-order valence-corrected chi connectivity index (χ1v) is 9.11. The van der Waals surface area contributed by atoms with E-state index in [1.165, 1.54) is 0 Å². The average Bonchev–Trinajstić information content (AvgIpc) is 3.30. The number of nitrogens with zero attached hydrogens (tertiary/aromatic N) is 3. The van der Waals surface area contributed by atoms with Crippen LogP contribution >= 0.6 is 23.7 Å². The molecule has 7 heteroatoms. The van der Waals surface area contributed by atoms with Gasteiger partial charge in [-0.3, -0.25) is 4.79 Å². The zero-order valence-electron chi connectivity index (χ0n) is 14.8. The molecule has 1 amide bonds. The van der Waals surface area contributed by atoms with E-state index < -0.39 is 0 Å². The van der Waals surface area contributed by atoms with Crippen LogP contribution in [0.1, 0.15) is 12.5 Å². The summed E-state index contributed by atoms with van der Waals surface area (Å²) in [6.07, 6.45) is 2.00. The molecule has 5 nitrogen and oxygen atoms in total. The lowest BCUT2D eigenvalue weighted by Gasteiger charge is -2.20. The van der Waals surface area contributed by atoms with E-state index in [0.29, 0.717) is 13.1 Å². The van der Waals surface area contributed by atoms with Crippen LogP contribution in [0.25, 0.3) is 16.3 Å². The van der Waals surface area contributed by atoms with Crippen molar-refractivity contribution < 1.29 is 4.79 Å².